The average molecular weight is 252 g/mol. The summed E-state index contributed by atoms with van der Waals surface area (Å²) in [5.74, 6) is -0.325. The Hall–Kier alpha value is -1.46. The van der Waals surface area contributed by atoms with Gasteiger partial charge in [0.15, 0.2) is 0 Å². The molecular weight excluding hydrogens is 235 g/mol. The van der Waals surface area contributed by atoms with Crippen LogP contribution in [0.4, 0.5) is 4.39 Å². The maximum Gasteiger partial charge on any atom is 0.238 e. The van der Waals surface area contributed by atoms with Crippen LogP contribution in [0.5, 0.6) is 0 Å². The normalized spacial score (nSPS) is 19.6. The van der Waals surface area contributed by atoms with E-state index < -0.39 is 0 Å². The van der Waals surface area contributed by atoms with Crippen molar-refractivity contribution < 1.29 is 13.9 Å². The Kier molecular flexibility index (Phi) is 4.28. The van der Waals surface area contributed by atoms with Crippen molar-refractivity contribution in [2.75, 3.05) is 26.3 Å². The first-order chi connectivity index (χ1) is 8.74. The minimum Gasteiger partial charge on any atom is -0.380 e. The van der Waals surface area contributed by atoms with Crippen molar-refractivity contribution >= 4 is 5.91 Å². The molecule has 1 heterocycles. The van der Waals surface area contributed by atoms with E-state index in [1.165, 1.54) is 6.07 Å². The summed E-state index contributed by atoms with van der Waals surface area (Å²) in [7, 11) is 0. The zero-order chi connectivity index (χ0) is 13.0. The number of rotatable bonds is 5. The van der Waals surface area contributed by atoms with Gasteiger partial charge in [0.25, 0.3) is 0 Å². The molecule has 1 atom stereocenters. The summed E-state index contributed by atoms with van der Waals surface area (Å²) < 4.78 is 19.0. The molecule has 0 bridgehead atoms. The Balaban J connectivity index is 2.11. The molecule has 0 aliphatic carbocycles. The first-order valence-corrected chi connectivity index (χ1v) is 6.09. The van der Waals surface area contributed by atoms with Gasteiger partial charge in [0.1, 0.15) is 12.0 Å². The molecule has 1 N–H and O–H groups in total. The number of halogens is 1. The van der Waals surface area contributed by atoms with Gasteiger partial charge in [-0.25, -0.2) is 4.39 Å². The van der Waals surface area contributed by atoms with Crippen molar-refractivity contribution in [1.82, 2.24) is 10.2 Å². The average Bonchev–Trinajstić information content (AvgIpc) is 2.72. The molecule has 2 rings (SSSR count). The second kappa shape index (κ2) is 5.93. The smallest absolute Gasteiger partial charge is 0.238 e. The molecule has 5 heteroatoms. The van der Waals surface area contributed by atoms with E-state index in [2.05, 4.69) is 5.32 Å². The Morgan fingerprint density at radius 3 is 3.00 bits per heavy atom. The molecule has 0 saturated carbocycles. The van der Waals surface area contributed by atoms with E-state index in [4.69, 9.17) is 4.74 Å². The largest absolute Gasteiger partial charge is 0.380 e. The number of nitrogens with zero attached hydrogens (tertiary/aromatic N) is 1. The van der Waals surface area contributed by atoms with Crippen molar-refractivity contribution in [3.63, 3.8) is 0 Å². The molecule has 0 radical (unpaired) electrons. The van der Waals surface area contributed by atoms with Crippen molar-refractivity contribution in [1.29, 1.82) is 0 Å². The second-order valence-electron chi connectivity index (χ2n) is 4.09. The highest BCUT2D eigenvalue weighted by Crippen LogP contribution is 2.24. The van der Waals surface area contributed by atoms with E-state index in [9.17, 15) is 9.18 Å². The minimum absolute atomic E-state index is 0.0250. The van der Waals surface area contributed by atoms with Gasteiger partial charge < -0.3 is 9.64 Å². The zero-order valence-corrected chi connectivity index (χ0v) is 10.4. The number of benzene rings is 1. The van der Waals surface area contributed by atoms with Crippen LogP contribution in [0.2, 0.25) is 0 Å². The highest BCUT2D eigenvalue weighted by molar-refractivity contribution is 5.80. The number of hydrogen-bond donors (Lipinski definition) is 1. The van der Waals surface area contributed by atoms with E-state index in [0.717, 1.165) is 0 Å². The van der Waals surface area contributed by atoms with E-state index in [1.807, 2.05) is 6.92 Å². The third-order valence-corrected chi connectivity index (χ3v) is 2.96. The number of amides is 1. The summed E-state index contributed by atoms with van der Waals surface area (Å²) in [6, 6.07) is 6.50. The molecule has 1 unspecified atom stereocenters. The van der Waals surface area contributed by atoms with Crippen LogP contribution in [0.1, 0.15) is 18.7 Å². The monoisotopic (exact) mass is 252 g/mol. The van der Waals surface area contributed by atoms with E-state index in [0.29, 0.717) is 25.3 Å². The van der Waals surface area contributed by atoms with Crippen molar-refractivity contribution in [2.45, 2.75) is 13.1 Å². The Labute approximate surface area is 106 Å². The molecule has 0 aromatic heterocycles. The van der Waals surface area contributed by atoms with Gasteiger partial charge in [0, 0.05) is 18.7 Å². The summed E-state index contributed by atoms with van der Waals surface area (Å²) in [5.41, 5.74) is 0.500. The third-order valence-electron chi connectivity index (χ3n) is 2.96. The van der Waals surface area contributed by atoms with E-state index in [1.54, 1.807) is 23.1 Å². The molecule has 1 aliphatic heterocycles. The van der Waals surface area contributed by atoms with Crippen LogP contribution in [-0.2, 0) is 9.53 Å². The van der Waals surface area contributed by atoms with Crippen LogP contribution < -0.4 is 5.32 Å². The summed E-state index contributed by atoms with van der Waals surface area (Å²) in [5, 5.41) is 3.02. The zero-order valence-electron chi connectivity index (χ0n) is 10.4. The predicted octanol–water partition coefficient (Wildman–Crippen LogP) is 1.29. The molecule has 1 aromatic rings. The standard InChI is InChI=1S/C13H17FN2O2/c1-2-18-8-7-16-12(17)9-15-13(16)10-5-3-4-6-11(10)14/h3-6,13,15H,2,7-9H2,1H3. The Morgan fingerprint density at radius 2 is 2.28 bits per heavy atom. The lowest BCUT2D eigenvalue weighted by atomic mass is 10.1. The summed E-state index contributed by atoms with van der Waals surface area (Å²) >= 11 is 0. The molecule has 1 fully saturated rings. The van der Waals surface area contributed by atoms with Gasteiger partial charge in [0.05, 0.1) is 13.2 Å². The van der Waals surface area contributed by atoms with Crippen molar-refractivity contribution in [3.8, 4) is 0 Å². The van der Waals surface area contributed by atoms with Crippen LogP contribution in [0.25, 0.3) is 0 Å². The highest BCUT2D eigenvalue weighted by atomic mass is 19.1. The lowest BCUT2D eigenvalue weighted by Crippen LogP contribution is -2.33. The topological polar surface area (TPSA) is 41.6 Å². The quantitative estimate of drug-likeness (QED) is 0.803. The van der Waals surface area contributed by atoms with Crippen LogP contribution in [-0.4, -0.2) is 37.1 Å². The molecule has 1 aromatic carbocycles. The SMILES string of the molecule is CCOCCN1C(=O)CNC1c1ccccc1F. The van der Waals surface area contributed by atoms with Gasteiger partial charge >= 0.3 is 0 Å². The van der Waals surface area contributed by atoms with E-state index in [-0.39, 0.29) is 24.4 Å². The Bertz CT molecular complexity index is 425. The van der Waals surface area contributed by atoms with Crippen LogP contribution in [0, 0.1) is 5.82 Å². The Morgan fingerprint density at radius 1 is 1.50 bits per heavy atom. The van der Waals surface area contributed by atoms with Gasteiger partial charge in [-0.3, -0.25) is 10.1 Å². The molecular formula is C13H17FN2O2. The van der Waals surface area contributed by atoms with Crippen LogP contribution >= 0.6 is 0 Å². The predicted molar refractivity (Wildman–Crippen MR) is 65.3 cm³/mol. The molecule has 1 amide bonds. The summed E-state index contributed by atoms with van der Waals surface area (Å²) in [6.07, 6.45) is -0.390. The summed E-state index contributed by atoms with van der Waals surface area (Å²) in [4.78, 5) is 13.4. The first-order valence-electron chi connectivity index (χ1n) is 6.09. The minimum atomic E-state index is -0.390. The van der Waals surface area contributed by atoms with Gasteiger partial charge in [-0.05, 0) is 13.0 Å². The third kappa shape index (κ3) is 2.68. The van der Waals surface area contributed by atoms with E-state index >= 15 is 0 Å². The number of hydrogen-bond acceptors (Lipinski definition) is 3. The van der Waals surface area contributed by atoms with Gasteiger partial charge in [0.2, 0.25) is 5.91 Å². The van der Waals surface area contributed by atoms with Crippen molar-refractivity contribution in [3.05, 3.63) is 35.6 Å². The maximum absolute atomic E-state index is 13.7. The molecule has 0 spiro atoms. The highest BCUT2D eigenvalue weighted by Gasteiger charge is 2.32. The first kappa shape index (κ1) is 13.0. The van der Waals surface area contributed by atoms with Crippen LogP contribution in [0.15, 0.2) is 24.3 Å². The molecule has 98 valence electrons. The van der Waals surface area contributed by atoms with Crippen LogP contribution in [0.3, 0.4) is 0 Å². The molecule has 4 nitrogen and oxygen atoms in total. The summed E-state index contributed by atoms with van der Waals surface area (Å²) in [6.45, 7) is 3.69. The van der Waals surface area contributed by atoms with Gasteiger partial charge in [-0.2, -0.15) is 0 Å². The maximum atomic E-state index is 13.7. The lowest BCUT2D eigenvalue weighted by Gasteiger charge is -2.24. The van der Waals surface area contributed by atoms with Gasteiger partial charge in [-0.15, -0.1) is 0 Å². The number of carbonyl (C=O) groups is 1. The van der Waals surface area contributed by atoms with Crippen molar-refractivity contribution in [2.24, 2.45) is 0 Å². The number of ether oxygens (including phenoxy) is 1. The fraction of sp³-hybridized carbons (Fsp3) is 0.462. The molecule has 1 saturated heterocycles. The lowest BCUT2D eigenvalue weighted by molar-refractivity contribution is -0.128. The van der Waals surface area contributed by atoms with Gasteiger partial charge in [-0.1, -0.05) is 18.2 Å². The fourth-order valence-corrected chi connectivity index (χ4v) is 2.08. The fourth-order valence-electron chi connectivity index (χ4n) is 2.08. The molecule has 18 heavy (non-hydrogen) atoms. The molecule has 1 aliphatic rings. The number of carbonyl (C=O) groups excluding carboxylic acids is 1. The number of nitrogens with one attached hydrogen (secondary N) is 1. The second-order valence-corrected chi connectivity index (χ2v) is 4.09.